The van der Waals surface area contributed by atoms with Crippen LogP contribution in [0.1, 0.15) is 44.9 Å². The third-order valence-electron chi connectivity index (χ3n) is 4.04. The zero-order chi connectivity index (χ0) is 13.9. The summed E-state index contributed by atoms with van der Waals surface area (Å²) in [5.41, 5.74) is -1.07. The summed E-state index contributed by atoms with van der Waals surface area (Å²) in [4.78, 5) is 25.5. The zero-order valence-electron chi connectivity index (χ0n) is 11.2. The molecule has 0 aromatic carbocycles. The summed E-state index contributed by atoms with van der Waals surface area (Å²) in [6, 6.07) is -0.000801. The van der Waals surface area contributed by atoms with Gasteiger partial charge in [0.1, 0.15) is 5.54 Å². The molecule has 2 rings (SSSR count). The number of nitrogens with one attached hydrogen (secondary N) is 1. The van der Waals surface area contributed by atoms with Gasteiger partial charge in [-0.1, -0.05) is 25.3 Å². The van der Waals surface area contributed by atoms with E-state index in [1.54, 1.807) is 11.0 Å². The highest BCUT2D eigenvalue weighted by molar-refractivity contribution is 5.86. The molecule has 0 radical (unpaired) electrons. The van der Waals surface area contributed by atoms with Crippen molar-refractivity contribution in [3.63, 3.8) is 0 Å². The summed E-state index contributed by atoms with van der Waals surface area (Å²) in [5, 5.41) is 12.2. The van der Waals surface area contributed by atoms with Crippen LogP contribution in [-0.4, -0.2) is 40.1 Å². The summed E-state index contributed by atoms with van der Waals surface area (Å²) in [6.07, 6.45) is 7.51. The Kier molecular flexibility index (Phi) is 4.12. The average molecular weight is 266 g/mol. The lowest BCUT2D eigenvalue weighted by atomic mass is 9.82. The predicted molar refractivity (Wildman–Crippen MR) is 71.9 cm³/mol. The Morgan fingerprint density at radius 3 is 2.42 bits per heavy atom. The lowest BCUT2D eigenvalue weighted by Crippen LogP contribution is -2.59. The van der Waals surface area contributed by atoms with Gasteiger partial charge < -0.3 is 15.3 Å². The Labute approximate surface area is 113 Å². The SMILES string of the molecule is C=CCN(C(=O)NC1(C(=O)O)CCCCC1)C1CC1. The smallest absolute Gasteiger partial charge is 0.329 e. The summed E-state index contributed by atoms with van der Waals surface area (Å²) < 4.78 is 0. The molecule has 5 nitrogen and oxygen atoms in total. The first-order valence-corrected chi connectivity index (χ1v) is 7.02. The van der Waals surface area contributed by atoms with E-state index >= 15 is 0 Å². The Balaban J connectivity index is 2.05. The van der Waals surface area contributed by atoms with Crippen LogP contribution in [0, 0.1) is 0 Å². The number of urea groups is 1. The molecule has 2 aliphatic rings. The molecule has 2 saturated carbocycles. The van der Waals surface area contributed by atoms with E-state index in [9.17, 15) is 14.7 Å². The minimum Gasteiger partial charge on any atom is -0.480 e. The normalized spacial score (nSPS) is 21.5. The van der Waals surface area contributed by atoms with Crippen LogP contribution in [0.15, 0.2) is 12.7 Å². The van der Waals surface area contributed by atoms with Crippen LogP contribution >= 0.6 is 0 Å². The number of hydrogen-bond donors (Lipinski definition) is 2. The molecule has 5 heteroatoms. The first kappa shape index (κ1) is 13.9. The Bertz CT molecular complexity index is 371. The fourth-order valence-corrected chi connectivity index (χ4v) is 2.75. The number of carbonyl (C=O) groups excluding carboxylic acids is 1. The van der Waals surface area contributed by atoms with E-state index in [1.807, 2.05) is 0 Å². The van der Waals surface area contributed by atoms with Gasteiger partial charge in [0.25, 0.3) is 0 Å². The van der Waals surface area contributed by atoms with Crippen molar-refractivity contribution in [2.24, 2.45) is 0 Å². The van der Waals surface area contributed by atoms with Crippen molar-refractivity contribution in [2.75, 3.05) is 6.54 Å². The summed E-state index contributed by atoms with van der Waals surface area (Å²) in [5.74, 6) is -0.907. The highest BCUT2D eigenvalue weighted by Gasteiger charge is 2.43. The summed E-state index contributed by atoms with van der Waals surface area (Å²) >= 11 is 0. The maximum Gasteiger partial charge on any atom is 0.329 e. The first-order valence-electron chi connectivity index (χ1n) is 7.02. The molecule has 0 aromatic heterocycles. The number of carbonyl (C=O) groups is 2. The monoisotopic (exact) mass is 266 g/mol. The van der Waals surface area contributed by atoms with E-state index in [4.69, 9.17) is 0 Å². The molecule has 19 heavy (non-hydrogen) atoms. The molecule has 2 amide bonds. The van der Waals surface area contributed by atoms with Gasteiger partial charge in [-0.3, -0.25) is 0 Å². The van der Waals surface area contributed by atoms with E-state index in [-0.39, 0.29) is 12.1 Å². The molecule has 106 valence electrons. The Morgan fingerprint density at radius 1 is 1.32 bits per heavy atom. The number of aliphatic carboxylic acids is 1. The maximum atomic E-state index is 12.3. The van der Waals surface area contributed by atoms with Crippen LogP contribution in [0.2, 0.25) is 0 Å². The van der Waals surface area contributed by atoms with Gasteiger partial charge in [-0.25, -0.2) is 9.59 Å². The lowest BCUT2D eigenvalue weighted by Gasteiger charge is -2.36. The largest absolute Gasteiger partial charge is 0.480 e. The van der Waals surface area contributed by atoms with Crippen molar-refractivity contribution in [2.45, 2.75) is 56.5 Å². The van der Waals surface area contributed by atoms with Crippen molar-refractivity contribution in [3.8, 4) is 0 Å². The molecular formula is C14H22N2O3. The molecule has 0 bridgehead atoms. The Hall–Kier alpha value is -1.52. The van der Waals surface area contributed by atoms with E-state index in [2.05, 4.69) is 11.9 Å². The molecular weight excluding hydrogens is 244 g/mol. The fraction of sp³-hybridized carbons (Fsp3) is 0.714. The van der Waals surface area contributed by atoms with E-state index in [0.717, 1.165) is 32.1 Å². The van der Waals surface area contributed by atoms with Gasteiger partial charge in [0.15, 0.2) is 0 Å². The van der Waals surface area contributed by atoms with E-state index in [0.29, 0.717) is 19.4 Å². The lowest BCUT2D eigenvalue weighted by molar-refractivity contribution is -0.146. The van der Waals surface area contributed by atoms with Crippen LogP contribution in [-0.2, 0) is 4.79 Å². The van der Waals surface area contributed by atoms with Crippen molar-refractivity contribution in [1.29, 1.82) is 0 Å². The van der Waals surface area contributed by atoms with Crippen LogP contribution in [0.4, 0.5) is 4.79 Å². The van der Waals surface area contributed by atoms with Gasteiger partial charge in [0.2, 0.25) is 0 Å². The molecule has 0 aliphatic heterocycles. The number of amides is 2. The first-order chi connectivity index (χ1) is 9.09. The van der Waals surface area contributed by atoms with E-state index < -0.39 is 11.5 Å². The van der Waals surface area contributed by atoms with Crippen LogP contribution in [0.3, 0.4) is 0 Å². The molecule has 0 saturated heterocycles. The predicted octanol–water partition coefficient (Wildman–Crippen LogP) is 2.13. The highest BCUT2D eigenvalue weighted by atomic mass is 16.4. The van der Waals surface area contributed by atoms with Gasteiger partial charge in [-0.2, -0.15) is 0 Å². The fourth-order valence-electron chi connectivity index (χ4n) is 2.75. The van der Waals surface area contributed by atoms with Crippen LogP contribution in [0.25, 0.3) is 0 Å². The Morgan fingerprint density at radius 2 is 1.95 bits per heavy atom. The van der Waals surface area contributed by atoms with E-state index in [1.165, 1.54) is 0 Å². The standard InChI is InChI=1S/C14H22N2O3/c1-2-10-16(11-6-7-11)13(19)15-14(12(17)18)8-4-3-5-9-14/h2,11H,1,3-10H2,(H,15,19)(H,17,18). The van der Waals surface area contributed by atoms with Crippen LogP contribution < -0.4 is 5.32 Å². The topological polar surface area (TPSA) is 69.6 Å². The van der Waals surface area contributed by atoms with Gasteiger partial charge in [-0.15, -0.1) is 6.58 Å². The van der Waals surface area contributed by atoms with Gasteiger partial charge >= 0.3 is 12.0 Å². The number of carboxylic acids is 1. The number of hydrogen-bond acceptors (Lipinski definition) is 2. The van der Waals surface area contributed by atoms with Gasteiger partial charge in [0, 0.05) is 12.6 Å². The van der Waals surface area contributed by atoms with Crippen molar-refractivity contribution in [1.82, 2.24) is 10.2 Å². The number of rotatable bonds is 5. The molecule has 0 unspecified atom stereocenters. The van der Waals surface area contributed by atoms with Gasteiger partial charge in [-0.05, 0) is 25.7 Å². The third kappa shape index (κ3) is 3.08. The minimum absolute atomic E-state index is 0.257. The molecule has 0 atom stereocenters. The summed E-state index contributed by atoms with van der Waals surface area (Å²) in [7, 11) is 0. The molecule has 2 N–H and O–H groups in total. The van der Waals surface area contributed by atoms with Crippen molar-refractivity contribution >= 4 is 12.0 Å². The molecule has 0 heterocycles. The molecule has 0 aromatic rings. The average Bonchev–Trinajstić information content (AvgIpc) is 3.21. The molecule has 2 fully saturated rings. The second kappa shape index (κ2) is 5.63. The second-order valence-corrected chi connectivity index (χ2v) is 5.55. The summed E-state index contributed by atoms with van der Waals surface area (Å²) in [6.45, 7) is 4.13. The van der Waals surface area contributed by atoms with Gasteiger partial charge in [0.05, 0.1) is 0 Å². The maximum absolute atomic E-state index is 12.3. The van der Waals surface area contributed by atoms with Crippen LogP contribution in [0.5, 0.6) is 0 Å². The highest BCUT2D eigenvalue weighted by Crippen LogP contribution is 2.31. The minimum atomic E-state index is -1.07. The zero-order valence-corrected chi connectivity index (χ0v) is 11.2. The number of carboxylic acid groups (broad SMARTS) is 1. The quantitative estimate of drug-likeness (QED) is 0.749. The third-order valence-corrected chi connectivity index (χ3v) is 4.04. The number of nitrogens with zero attached hydrogens (tertiary/aromatic N) is 1. The van der Waals surface area contributed by atoms with Crippen molar-refractivity contribution < 1.29 is 14.7 Å². The van der Waals surface area contributed by atoms with Crippen molar-refractivity contribution in [3.05, 3.63) is 12.7 Å². The molecule has 0 spiro atoms. The molecule has 2 aliphatic carbocycles. The second-order valence-electron chi connectivity index (χ2n) is 5.55.